The molecule has 4 rings (SSSR count). The molecule has 1 heterocycles. The van der Waals surface area contributed by atoms with E-state index in [1.807, 2.05) is 31.2 Å². The van der Waals surface area contributed by atoms with E-state index in [0.717, 1.165) is 16.2 Å². The third kappa shape index (κ3) is 5.67. The molecule has 0 aliphatic carbocycles. The van der Waals surface area contributed by atoms with Crippen LogP contribution in [-0.4, -0.2) is 38.2 Å². The van der Waals surface area contributed by atoms with Crippen LogP contribution in [0.25, 0.3) is 6.08 Å². The Balaban J connectivity index is 1.45. The first-order valence-electron chi connectivity index (χ1n) is 10.9. The fourth-order valence-electron chi connectivity index (χ4n) is 3.44. The number of nitrogens with zero attached hydrogens (tertiary/aromatic N) is 1. The number of imide groups is 2. The van der Waals surface area contributed by atoms with E-state index in [4.69, 9.17) is 14.2 Å². The van der Waals surface area contributed by atoms with Crippen molar-refractivity contribution in [2.45, 2.75) is 6.92 Å². The van der Waals surface area contributed by atoms with Gasteiger partial charge in [0.25, 0.3) is 11.8 Å². The molecule has 0 saturated carbocycles. The summed E-state index contributed by atoms with van der Waals surface area (Å²) in [6.07, 6.45) is 1.43. The van der Waals surface area contributed by atoms with Gasteiger partial charge in [-0.05, 0) is 67.1 Å². The number of anilines is 1. The van der Waals surface area contributed by atoms with E-state index in [1.165, 1.54) is 13.2 Å². The van der Waals surface area contributed by atoms with E-state index >= 15 is 0 Å². The van der Waals surface area contributed by atoms with Gasteiger partial charge in [0.05, 0.1) is 12.8 Å². The molecule has 0 bridgehead atoms. The molecular formula is C27H24N2O6. The number of methoxy groups -OCH3 is 1. The molecule has 3 aromatic rings. The van der Waals surface area contributed by atoms with Crippen LogP contribution in [0.4, 0.5) is 10.5 Å². The highest BCUT2D eigenvalue weighted by molar-refractivity contribution is 6.39. The number of urea groups is 1. The number of barbiturate groups is 1. The molecule has 1 N–H and O–H groups in total. The van der Waals surface area contributed by atoms with E-state index in [2.05, 4.69) is 5.32 Å². The van der Waals surface area contributed by atoms with Crippen molar-refractivity contribution >= 4 is 29.6 Å². The Bertz CT molecular complexity index is 1270. The zero-order valence-corrected chi connectivity index (χ0v) is 19.3. The Kier molecular flexibility index (Phi) is 7.11. The van der Waals surface area contributed by atoms with E-state index < -0.39 is 17.8 Å². The highest BCUT2D eigenvalue weighted by Gasteiger charge is 2.36. The second-order valence-electron chi connectivity index (χ2n) is 7.74. The van der Waals surface area contributed by atoms with Crippen molar-refractivity contribution in [3.63, 3.8) is 0 Å². The number of benzene rings is 3. The molecule has 0 aromatic heterocycles. The molecular weight excluding hydrogens is 448 g/mol. The van der Waals surface area contributed by atoms with Crippen LogP contribution in [0.15, 0.2) is 78.4 Å². The largest absolute Gasteiger partial charge is 0.497 e. The van der Waals surface area contributed by atoms with Crippen molar-refractivity contribution in [3.8, 4) is 17.2 Å². The summed E-state index contributed by atoms with van der Waals surface area (Å²) in [6.45, 7) is 2.68. The highest BCUT2D eigenvalue weighted by Crippen LogP contribution is 2.25. The van der Waals surface area contributed by atoms with E-state index in [-0.39, 0.29) is 5.57 Å². The molecule has 0 radical (unpaired) electrons. The molecule has 0 unspecified atom stereocenters. The van der Waals surface area contributed by atoms with Crippen LogP contribution in [0.3, 0.4) is 0 Å². The van der Waals surface area contributed by atoms with E-state index in [1.54, 1.807) is 48.5 Å². The lowest BCUT2D eigenvalue weighted by molar-refractivity contribution is -0.122. The second kappa shape index (κ2) is 10.6. The first kappa shape index (κ1) is 23.6. The quantitative estimate of drug-likeness (QED) is 0.301. The molecule has 8 nitrogen and oxygen atoms in total. The number of aryl methyl sites for hydroxylation is 1. The average molecular weight is 472 g/mol. The van der Waals surface area contributed by atoms with Crippen LogP contribution >= 0.6 is 0 Å². The Labute approximate surface area is 202 Å². The van der Waals surface area contributed by atoms with Crippen molar-refractivity contribution < 1.29 is 28.6 Å². The van der Waals surface area contributed by atoms with E-state index in [0.29, 0.717) is 36.0 Å². The smallest absolute Gasteiger partial charge is 0.335 e. The van der Waals surface area contributed by atoms with Gasteiger partial charge in [0.2, 0.25) is 0 Å². The molecule has 0 spiro atoms. The van der Waals surface area contributed by atoms with Gasteiger partial charge in [0, 0.05) is 0 Å². The van der Waals surface area contributed by atoms with Crippen molar-refractivity contribution in [2.75, 3.05) is 25.2 Å². The van der Waals surface area contributed by atoms with Crippen molar-refractivity contribution in [2.24, 2.45) is 0 Å². The normalized spacial score (nSPS) is 14.6. The van der Waals surface area contributed by atoms with E-state index in [9.17, 15) is 14.4 Å². The topological polar surface area (TPSA) is 94.2 Å². The van der Waals surface area contributed by atoms with Crippen LogP contribution in [0.1, 0.15) is 11.1 Å². The molecule has 0 atom stereocenters. The Morgan fingerprint density at radius 3 is 2.17 bits per heavy atom. The number of ether oxygens (including phenoxy) is 3. The summed E-state index contributed by atoms with van der Waals surface area (Å²) in [5.74, 6) is 0.407. The molecule has 35 heavy (non-hydrogen) atoms. The third-order valence-electron chi connectivity index (χ3n) is 5.24. The monoisotopic (exact) mass is 472 g/mol. The number of hydrogen-bond acceptors (Lipinski definition) is 6. The first-order valence-corrected chi connectivity index (χ1v) is 10.9. The summed E-state index contributed by atoms with van der Waals surface area (Å²) in [4.78, 5) is 38.8. The maximum Gasteiger partial charge on any atom is 0.335 e. The summed E-state index contributed by atoms with van der Waals surface area (Å²) >= 11 is 0. The first-order chi connectivity index (χ1) is 16.9. The SMILES string of the molecule is COc1ccc(N2C(=O)NC(=O)/C(=C/c3cccc(OCCOc4ccc(C)cc4)c3)C2=O)cc1. The maximum atomic E-state index is 13.1. The van der Waals surface area contributed by atoms with Crippen molar-refractivity contribution in [1.29, 1.82) is 0 Å². The van der Waals surface area contributed by atoms with Gasteiger partial charge in [0.15, 0.2) is 0 Å². The number of hydrogen-bond donors (Lipinski definition) is 1. The molecule has 1 aliphatic rings. The summed E-state index contributed by atoms with van der Waals surface area (Å²) in [5.41, 5.74) is 1.88. The number of carbonyl (C=O) groups is 3. The predicted octanol–water partition coefficient (Wildman–Crippen LogP) is 4.13. The third-order valence-corrected chi connectivity index (χ3v) is 5.24. The van der Waals surface area contributed by atoms with Crippen molar-refractivity contribution in [3.05, 3.63) is 89.5 Å². The lowest BCUT2D eigenvalue weighted by Gasteiger charge is -2.26. The minimum absolute atomic E-state index is 0.166. The molecule has 178 valence electrons. The number of nitrogens with one attached hydrogen (secondary N) is 1. The molecule has 1 aliphatic heterocycles. The van der Waals surface area contributed by atoms with Gasteiger partial charge in [0.1, 0.15) is 36.0 Å². The fraction of sp³-hybridized carbons (Fsp3) is 0.148. The predicted molar refractivity (Wildman–Crippen MR) is 131 cm³/mol. The fourth-order valence-corrected chi connectivity index (χ4v) is 3.44. The lowest BCUT2D eigenvalue weighted by atomic mass is 10.1. The molecule has 4 amide bonds. The molecule has 1 saturated heterocycles. The second-order valence-corrected chi connectivity index (χ2v) is 7.74. The summed E-state index contributed by atoms with van der Waals surface area (Å²) in [6, 6.07) is 20.3. The Morgan fingerprint density at radius 2 is 1.49 bits per heavy atom. The van der Waals surface area contributed by atoms with Gasteiger partial charge < -0.3 is 14.2 Å². The van der Waals surface area contributed by atoms with Gasteiger partial charge in [-0.1, -0.05) is 29.8 Å². The minimum Gasteiger partial charge on any atom is -0.497 e. The molecule has 8 heteroatoms. The molecule has 3 aromatic carbocycles. The minimum atomic E-state index is -0.812. The highest BCUT2D eigenvalue weighted by atomic mass is 16.5. The van der Waals surface area contributed by atoms with Crippen molar-refractivity contribution in [1.82, 2.24) is 5.32 Å². The zero-order chi connectivity index (χ0) is 24.8. The number of rotatable bonds is 8. The number of carbonyl (C=O) groups excluding carboxylic acids is 3. The van der Waals surface area contributed by atoms with Crippen LogP contribution < -0.4 is 24.4 Å². The Morgan fingerprint density at radius 1 is 0.829 bits per heavy atom. The standard InChI is InChI=1S/C27H24N2O6/c1-18-6-10-22(11-7-18)34-14-15-35-23-5-3-4-19(16-23)17-24-25(30)28-27(32)29(26(24)31)20-8-12-21(33-2)13-9-20/h3-13,16-17H,14-15H2,1-2H3,(H,28,30,32)/b24-17-. The maximum absolute atomic E-state index is 13.1. The van der Waals surface area contributed by atoms with Crippen LogP contribution in [-0.2, 0) is 9.59 Å². The van der Waals surface area contributed by atoms with Gasteiger partial charge in [-0.3, -0.25) is 14.9 Å². The number of amides is 4. The molecule has 1 fully saturated rings. The summed E-state index contributed by atoms with van der Waals surface area (Å²) < 4.78 is 16.5. The van der Waals surface area contributed by atoms with Crippen LogP contribution in [0.5, 0.6) is 17.2 Å². The lowest BCUT2D eigenvalue weighted by Crippen LogP contribution is -2.54. The van der Waals surface area contributed by atoms with Gasteiger partial charge in [-0.25, -0.2) is 9.69 Å². The van der Waals surface area contributed by atoms with Crippen LogP contribution in [0, 0.1) is 6.92 Å². The zero-order valence-electron chi connectivity index (χ0n) is 19.3. The van der Waals surface area contributed by atoms with Gasteiger partial charge in [-0.2, -0.15) is 0 Å². The summed E-state index contributed by atoms with van der Waals surface area (Å²) in [5, 5.41) is 2.21. The van der Waals surface area contributed by atoms with Gasteiger partial charge in [-0.15, -0.1) is 0 Å². The average Bonchev–Trinajstić information content (AvgIpc) is 2.86. The van der Waals surface area contributed by atoms with Crippen LogP contribution in [0.2, 0.25) is 0 Å². The Hall–Kier alpha value is -4.59. The van der Waals surface area contributed by atoms with Gasteiger partial charge >= 0.3 is 6.03 Å². The summed E-state index contributed by atoms with van der Waals surface area (Å²) in [7, 11) is 1.52.